The van der Waals surface area contributed by atoms with E-state index in [1.165, 1.54) is 6.42 Å². The number of alkyl halides is 1. The monoisotopic (exact) mass is 307 g/mol. The largest absolute Gasteiger partial charge is 0.493 e. The van der Waals surface area contributed by atoms with Crippen molar-refractivity contribution in [2.45, 2.75) is 49.4 Å². The van der Waals surface area contributed by atoms with Crippen molar-refractivity contribution in [1.82, 2.24) is 4.90 Å². The van der Waals surface area contributed by atoms with Crippen LogP contribution in [0.4, 0.5) is 0 Å². The van der Waals surface area contributed by atoms with Gasteiger partial charge in [-0.1, -0.05) is 31.0 Å². The Labute approximate surface area is 131 Å². The van der Waals surface area contributed by atoms with E-state index in [4.69, 9.17) is 16.3 Å². The molecule has 1 aliphatic carbocycles. The molecule has 3 rings (SSSR count). The molecule has 0 N–H and O–H groups in total. The number of halogens is 1. The molecule has 3 unspecified atom stereocenters. The Morgan fingerprint density at radius 1 is 1.24 bits per heavy atom. The molecule has 2 aliphatic rings. The lowest BCUT2D eigenvalue weighted by atomic mass is 9.89. The number of fused-ring (bicyclic) bond motifs is 1. The van der Waals surface area contributed by atoms with Crippen LogP contribution in [0.3, 0.4) is 0 Å². The van der Waals surface area contributed by atoms with Gasteiger partial charge in [0.05, 0.1) is 17.9 Å². The van der Waals surface area contributed by atoms with Crippen LogP contribution in [0.1, 0.15) is 43.6 Å². The summed E-state index contributed by atoms with van der Waals surface area (Å²) in [5, 5.41) is 0.0859. The summed E-state index contributed by atoms with van der Waals surface area (Å²) in [5.74, 6) is 0.940. The van der Waals surface area contributed by atoms with Crippen LogP contribution in [-0.4, -0.2) is 35.9 Å². The van der Waals surface area contributed by atoms with Gasteiger partial charge in [-0.25, -0.2) is 0 Å². The molecule has 1 amide bonds. The summed E-state index contributed by atoms with van der Waals surface area (Å²) in [4.78, 5) is 14.8. The number of hydrogen-bond acceptors (Lipinski definition) is 2. The van der Waals surface area contributed by atoms with Gasteiger partial charge in [-0.05, 0) is 25.3 Å². The summed E-state index contributed by atoms with van der Waals surface area (Å²) < 4.78 is 5.65. The molecule has 21 heavy (non-hydrogen) atoms. The smallest absolute Gasteiger partial charge is 0.230 e. The number of carbonyl (C=O) groups excluding carboxylic acids is 1. The van der Waals surface area contributed by atoms with Crippen LogP contribution in [0, 0.1) is 0 Å². The Kier molecular flexibility index (Phi) is 4.39. The molecule has 4 heteroatoms. The maximum absolute atomic E-state index is 12.9. The van der Waals surface area contributed by atoms with Crippen molar-refractivity contribution >= 4 is 17.5 Å². The van der Waals surface area contributed by atoms with Crippen LogP contribution in [0.15, 0.2) is 24.3 Å². The molecule has 114 valence electrons. The highest BCUT2D eigenvalue weighted by atomic mass is 35.5. The molecule has 1 aromatic carbocycles. The van der Waals surface area contributed by atoms with Crippen molar-refractivity contribution in [3.8, 4) is 5.75 Å². The third-order valence-corrected chi connectivity index (χ3v) is 5.26. The Morgan fingerprint density at radius 2 is 2.00 bits per heavy atom. The zero-order valence-corrected chi connectivity index (χ0v) is 13.2. The van der Waals surface area contributed by atoms with Gasteiger partial charge in [0.15, 0.2) is 0 Å². The molecule has 3 nitrogen and oxygen atoms in total. The molecule has 0 bridgehead atoms. The number of benzene rings is 1. The first-order valence-corrected chi connectivity index (χ1v) is 8.24. The lowest BCUT2D eigenvalue weighted by Crippen LogP contribution is -2.46. The minimum absolute atomic E-state index is 0.0859. The third-order valence-electron chi connectivity index (χ3n) is 4.75. The number of rotatable bonds is 2. The zero-order chi connectivity index (χ0) is 14.8. The number of para-hydroxylation sites is 1. The van der Waals surface area contributed by atoms with Crippen molar-refractivity contribution < 1.29 is 9.53 Å². The summed E-state index contributed by atoms with van der Waals surface area (Å²) >= 11 is 6.44. The molecule has 0 saturated heterocycles. The SMILES string of the molecule is CN(C(=O)C1CCOc2ccccc21)C1CCCCC1Cl. The average molecular weight is 308 g/mol. The van der Waals surface area contributed by atoms with Gasteiger partial charge in [-0.15, -0.1) is 11.6 Å². The molecule has 1 heterocycles. The van der Waals surface area contributed by atoms with Gasteiger partial charge in [0.25, 0.3) is 0 Å². The number of ether oxygens (including phenoxy) is 1. The zero-order valence-electron chi connectivity index (χ0n) is 12.4. The van der Waals surface area contributed by atoms with Gasteiger partial charge in [0.2, 0.25) is 5.91 Å². The van der Waals surface area contributed by atoms with Crippen molar-refractivity contribution in [3.63, 3.8) is 0 Å². The van der Waals surface area contributed by atoms with Gasteiger partial charge in [-0.2, -0.15) is 0 Å². The fourth-order valence-electron chi connectivity index (χ4n) is 3.51. The van der Waals surface area contributed by atoms with Gasteiger partial charge in [0.1, 0.15) is 5.75 Å². The predicted octanol–water partition coefficient (Wildman–Crippen LogP) is 3.56. The standard InChI is InChI=1S/C17H22ClNO2/c1-19(15-8-4-3-7-14(15)18)17(20)13-10-11-21-16-9-5-2-6-12(13)16/h2,5-6,9,13-15H,3-4,7-8,10-11H2,1H3. The summed E-state index contributed by atoms with van der Waals surface area (Å²) in [6.07, 6.45) is 5.11. The Balaban J connectivity index is 1.79. The van der Waals surface area contributed by atoms with Gasteiger partial charge < -0.3 is 9.64 Å². The predicted molar refractivity (Wildman–Crippen MR) is 84.0 cm³/mol. The van der Waals surface area contributed by atoms with E-state index in [1.807, 2.05) is 36.2 Å². The minimum Gasteiger partial charge on any atom is -0.493 e. The Morgan fingerprint density at radius 3 is 2.81 bits per heavy atom. The van der Waals surface area contributed by atoms with E-state index >= 15 is 0 Å². The van der Waals surface area contributed by atoms with Gasteiger partial charge in [-0.3, -0.25) is 4.79 Å². The molecule has 1 saturated carbocycles. The normalized spacial score (nSPS) is 28.4. The maximum atomic E-state index is 12.9. The van der Waals surface area contributed by atoms with Crippen molar-refractivity contribution in [2.24, 2.45) is 0 Å². The first-order valence-electron chi connectivity index (χ1n) is 7.81. The first-order chi connectivity index (χ1) is 10.2. The number of carbonyl (C=O) groups is 1. The van der Waals surface area contributed by atoms with Crippen molar-refractivity contribution in [1.29, 1.82) is 0 Å². The van der Waals surface area contributed by atoms with Gasteiger partial charge >= 0.3 is 0 Å². The van der Waals surface area contributed by atoms with E-state index in [2.05, 4.69) is 0 Å². The number of likely N-dealkylation sites (N-methyl/N-ethyl adjacent to an activating group) is 1. The number of hydrogen-bond donors (Lipinski definition) is 0. The van der Waals surface area contributed by atoms with E-state index in [-0.39, 0.29) is 23.2 Å². The van der Waals surface area contributed by atoms with Crippen LogP contribution < -0.4 is 4.74 Å². The van der Waals surface area contributed by atoms with Gasteiger partial charge in [0, 0.05) is 18.7 Å². The van der Waals surface area contributed by atoms with Crippen LogP contribution >= 0.6 is 11.6 Å². The minimum atomic E-state index is -0.0919. The van der Waals surface area contributed by atoms with E-state index in [0.717, 1.165) is 37.0 Å². The highest BCUT2D eigenvalue weighted by Crippen LogP contribution is 2.36. The highest BCUT2D eigenvalue weighted by Gasteiger charge is 2.35. The molecular weight excluding hydrogens is 286 g/mol. The van der Waals surface area contributed by atoms with E-state index in [9.17, 15) is 4.79 Å². The number of nitrogens with zero attached hydrogens (tertiary/aromatic N) is 1. The van der Waals surface area contributed by atoms with E-state index in [0.29, 0.717) is 6.61 Å². The fourth-order valence-corrected chi connectivity index (χ4v) is 3.96. The summed E-state index contributed by atoms with van der Waals surface area (Å²) in [7, 11) is 1.91. The fraction of sp³-hybridized carbons (Fsp3) is 0.588. The maximum Gasteiger partial charge on any atom is 0.230 e. The molecule has 3 atom stereocenters. The third kappa shape index (κ3) is 2.89. The lowest BCUT2D eigenvalue weighted by Gasteiger charge is -2.37. The second-order valence-corrected chi connectivity index (χ2v) is 6.61. The van der Waals surface area contributed by atoms with Crippen LogP contribution in [0.2, 0.25) is 0 Å². The first kappa shape index (κ1) is 14.7. The van der Waals surface area contributed by atoms with Crippen LogP contribution in [0.25, 0.3) is 0 Å². The van der Waals surface area contributed by atoms with Crippen molar-refractivity contribution in [2.75, 3.05) is 13.7 Å². The van der Waals surface area contributed by atoms with E-state index < -0.39 is 0 Å². The lowest BCUT2D eigenvalue weighted by molar-refractivity contribution is -0.134. The molecule has 0 spiro atoms. The van der Waals surface area contributed by atoms with Crippen LogP contribution in [0.5, 0.6) is 5.75 Å². The number of amides is 1. The average Bonchev–Trinajstić information content (AvgIpc) is 2.53. The van der Waals surface area contributed by atoms with E-state index in [1.54, 1.807) is 0 Å². The quantitative estimate of drug-likeness (QED) is 0.782. The topological polar surface area (TPSA) is 29.5 Å². The summed E-state index contributed by atoms with van der Waals surface area (Å²) in [5.41, 5.74) is 1.02. The second kappa shape index (κ2) is 6.27. The highest BCUT2D eigenvalue weighted by molar-refractivity contribution is 6.21. The Hall–Kier alpha value is -1.22. The molecule has 1 aromatic rings. The van der Waals surface area contributed by atoms with Crippen LogP contribution in [-0.2, 0) is 4.79 Å². The molecule has 0 radical (unpaired) electrons. The molecule has 1 fully saturated rings. The molecule has 1 aliphatic heterocycles. The Bertz CT molecular complexity index is 519. The second-order valence-electron chi connectivity index (χ2n) is 6.04. The molecular formula is C17H22ClNO2. The van der Waals surface area contributed by atoms with Crippen molar-refractivity contribution in [3.05, 3.63) is 29.8 Å². The summed E-state index contributed by atoms with van der Waals surface area (Å²) in [6.45, 7) is 0.607. The summed E-state index contributed by atoms with van der Waals surface area (Å²) in [6, 6.07) is 8.04. The molecule has 0 aromatic heterocycles.